The molecule has 0 aliphatic rings. The molecule has 102 valence electrons. The van der Waals surface area contributed by atoms with Gasteiger partial charge in [0.05, 0.1) is 6.61 Å². The van der Waals surface area contributed by atoms with Crippen LogP contribution >= 0.6 is 12.0 Å². The SMILES string of the molecule is CSOCCNC(=O)CCCOCCC(C)C. The van der Waals surface area contributed by atoms with Crippen LogP contribution in [0.25, 0.3) is 0 Å². The summed E-state index contributed by atoms with van der Waals surface area (Å²) < 4.78 is 10.5. The van der Waals surface area contributed by atoms with Crippen molar-refractivity contribution in [1.29, 1.82) is 0 Å². The highest BCUT2D eigenvalue weighted by molar-refractivity contribution is 7.93. The number of rotatable bonds is 11. The quantitative estimate of drug-likeness (QED) is 0.459. The monoisotopic (exact) mass is 263 g/mol. The van der Waals surface area contributed by atoms with Crippen molar-refractivity contribution in [3.05, 3.63) is 0 Å². The van der Waals surface area contributed by atoms with Crippen LogP contribution in [0.4, 0.5) is 0 Å². The van der Waals surface area contributed by atoms with Crippen LogP contribution in [0.2, 0.25) is 0 Å². The summed E-state index contributed by atoms with van der Waals surface area (Å²) in [6, 6.07) is 0. The number of amides is 1. The third kappa shape index (κ3) is 13.7. The Morgan fingerprint density at radius 3 is 2.71 bits per heavy atom. The molecule has 1 N–H and O–H groups in total. The average Bonchev–Trinajstić information content (AvgIpc) is 2.29. The molecule has 5 heteroatoms. The molecule has 0 rings (SSSR count). The van der Waals surface area contributed by atoms with Crippen LogP contribution in [-0.2, 0) is 13.7 Å². The number of ether oxygens (including phenoxy) is 1. The Balaban J connectivity index is 3.16. The number of hydrogen-bond donors (Lipinski definition) is 1. The molecule has 0 atom stereocenters. The van der Waals surface area contributed by atoms with Gasteiger partial charge in [0.1, 0.15) is 0 Å². The van der Waals surface area contributed by atoms with Crippen molar-refractivity contribution in [3.63, 3.8) is 0 Å². The molecule has 0 unspecified atom stereocenters. The van der Waals surface area contributed by atoms with E-state index < -0.39 is 0 Å². The molecule has 4 nitrogen and oxygen atoms in total. The minimum absolute atomic E-state index is 0.0714. The van der Waals surface area contributed by atoms with Crippen molar-refractivity contribution >= 4 is 17.9 Å². The second kappa shape index (κ2) is 12.2. The Kier molecular flexibility index (Phi) is 12.0. The Morgan fingerprint density at radius 1 is 1.29 bits per heavy atom. The molecule has 0 aromatic heterocycles. The van der Waals surface area contributed by atoms with Gasteiger partial charge < -0.3 is 14.2 Å². The zero-order chi connectivity index (χ0) is 12.9. The van der Waals surface area contributed by atoms with Gasteiger partial charge in [0.2, 0.25) is 5.91 Å². The van der Waals surface area contributed by atoms with E-state index in [1.54, 1.807) is 0 Å². The van der Waals surface area contributed by atoms with Gasteiger partial charge in [-0.2, -0.15) is 0 Å². The molecule has 0 spiro atoms. The van der Waals surface area contributed by atoms with Crippen molar-refractivity contribution in [3.8, 4) is 0 Å². The summed E-state index contributed by atoms with van der Waals surface area (Å²) in [5, 5.41) is 2.79. The van der Waals surface area contributed by atoms with Crippen molar-refractivity contribution < 1.29 is 13.7 Å². The van der Waals surface area contributed by atoms with Gasteiger partial charge in [-0.05, 0) is 30.8 Å². The standard InChI is InChI=1S/C12H25NO3S/c1-11(2)6-9-15-8-4-5-12(14)13-7-10-16-17-3/h11H,4-10H2,1-3H3,(H,13,14). The van der Waals surface area contributed by atoms with E-state index in [2.05, 4.69) is 19.2 Å². The topological polar surface area (TPSA) is 47.6 Å². The maximum absolute atomic E-state index is 11.3. The van der Waals surface area contributed by atoms with E-state index in [0.29, 0.717) is 32.1 Å². The van der Waals surface area contributed by atoms with Gasteiger partial charge in [-0.3, -0.25) is 4.79 Å². The molecular formula is C12H25NO3S. The Morgan fingerprint density at radius 2 is 2.06 bits per heavy atom. The number of carbonyl (C=O) groups is 1. The fourth-order valence-electron chi connectivity index (χ4n) is 1.16. The van der Waals surface area contributed by atoms with Crippen LogP contribution in [0, 0.1) is 5.92 Å². The van der Waals surface area contributed by atoms with E-state index >= 15 is 0 Å². The first-order chi connectivity index (χ1) is 8.16. The highest BCUT2D eigenvalue weighted by Gasteiger charge is 2.00. The van der Waals surface area contributed by atoms with E-state index in [1.165, 1.54) is 12.0 Å². The highest BCUT2D eigenvalue weighted by Crippen LogP contribution is 2.00. The summed E-state index contributed by atoms with van der Waals surface area (Å²) in [4.78, 5) is 11.3. The molecule has 0 aliphatic heterocycles. The fourth-order valence-corrected chi connectivity index (χ4v) is 1.41. The van der Waals surface area contributed by atoms with Crippen LogP contribution in [0.15, 0.2) is 0 Å². The summed E-state index contributed by atoms with van der Waals surface area (Å²) in [5.41, 5.74) is 0. The van der Waals surface area contributed by atoms with Crippen LogP contribution in [0.3, 0.4) is 0 Å². The predicted molar refractivity (Wildman–Crippen MR) is 72.0 cm³/mol. The molecule has 0 fully saturated rings. The maximum Gasteiger partial charge on any atom is 0.220 e. The molecule has 0 radical (unpaired) electrons. The van der Waals surface area contributed by atoms with Crippen LogP contribution < -0.4 is 5.32 Å². The van der Waals surface area contributed by atoms with Crippen LogP contribution in [-0.4, -0.2) is 38.5 Å². The molecule has 0 saturated heterocycles. The first-order valence-corrected chi connectivity index (χ1v) is 7.31. The Labute approximate surface area is 109 Å². The molecular weight excluding hydrogens is 238 g/mol. The normalized spacial score (nSPS) is 10.8. The second-order valence-electron chi connectivity index (χ2n) is 4.24. The lowest BCUT2D eigenvalue weighted by molar-refractivity contribution is -0.121. The predicted octanol–water partition coefficient (Wildman–Crippen LogP) is 2.24. The van der Waals surface area contributed by atoms with Gasteiger partial charge in [-0.25, -0.2) is 0 Å². The number of carbonyl (C=O) groups excluding carboxylic acids is 1. The summed E-state index contributed by atoms with van der Waals surface area (Å²) in [5.74, 6) is 0.747. The second-order valence-corrected chi connectivity index (χ2v) is 4.81. The summed E-state index contributed by atoms with van der Waals surface area (Å²) in [6.45, 7) is 6.94. The number of nitrogens with one attached hydrogen (secondary N) is 1. The highest BCUT2D eigenvalue weighted by atomic mass is 32.2. The average molecular weight is 263 g/mol. The smallest absolute Gasteiger partial charge is 0.220 e. The third-order valence-electron chi connectivity index (χ3n) is 2.16. The minimum atomic E-state index is 0.0714. The zero-order valence-corrected chi connectivity index (χ0v) is 12.0. The van der Waals surface area contributed by atoms with Gasteiger partial charge in [-0.15, -0.1) is 0 Å². The van der Waals surface area contributed by atoms with Crippen molar-refractivity contribution in [2.24, 2.45) is 5.92 Å². The van der Waals surface area contributed by atoms with E-state index in [1.807, 2.05) is 6.26 Å². The van der Waals surface area contributed by atoms with Gasteiger partial charge >= 0.3 is 0 Å². The van der Waals surface area contributed by atoms with Crippen molar-refractivity contribution in [2.45, 2.75) is 33.1 Å². The number of hydrogen-bond acceptors (Lipinski definition) is 4. The lowest BCUT2D eigenvalue weighted by Crippen LogP contribution is -2.26. The van der Waals surface area contributed by atoms with Crippen LogP contribution in [0.1, 0.15) is 33.1 Å². The Bertz CT molecular complexity index is 189. The van der Waals surface area contributed by atoms with E-state index in [-0.39, 0.29) is 5.91 Å². The molecule has 0 aromatic carbocycles. The van der Waals surface area contributed by atoms with Gasteiger partial charge in [0.15, 0.2) is 0 Å². The summed E-state index contributed by atoms with van der Waals surface area (Å²) >= 11 is 1.31. The van der Waals surface area contributed by atoms with E-state index in [0.717, 1.165) is 19.4 Å². The molecule has 17 heavy (non-hydrogen) atoms. The first kappa shape index (κ1) is 16.7. The largest absolute Gasteiger partial charge is 0.381 e. The van der Waals surface area contributed by atoms with Gasteiger partial charge in [-0.1, -0.05) is 13.8 Å². The zero-order valence-electron chi connectivity index (χ0n) is 11.2. The summed E-state index contributed by atoms with van der Waals surface area (Å²) in [6.07, 6.45) is 4.25. The maximum atomic E-state index is 11.3. The van der Waals surface area contributed by atoms with Crippen LogP contribution in [0.5, 0.6) is 0 Å². The van der Waals surface area contributed by atoms with Gasteiger partial charge in [0.25, 0.3) is 0 Å². The lowest BCUT2D eigenvalue weighted by atomic mass is 10.1. The summed E-state index contributed by atoms with van der Waals surface area (Å²) in [7, 11) is 0. The van der Waals surface area contributed by atoms with E-state index in [9.17, 15) is 4.79 Å². The third-order valence-corrected chi connectivity index (χ3v) is 2.56. The van der Waals surface area contributed by atoms with Gasteiger partial charge in [0, 0.05) is 32.4 Å². The molecule has 0 bridgehead atoms. The first-order valence-electron chi connectivity index (χ1n) is 6.17. The van der Waals surface area contributed by atoms with Crippen molar-refractivity contribution in [1.82, 2.24) is 5.32 Å². The minimum Gasteiger partial charge on any atom is -0.381 e. The molecule has 0 saturated carbocycles. The van der Waals surface area contributed by atoms with E-state index in [4.69, 9.17) is 8.92 Å². The van der Waals surface area contributed by atoms with Crippen molar-refractivity contribution in [2.75, 3.05) is 32.6 Å². The molecule has 0 aliphatic carbocycles. The molecule has 0 aromatic rings. The Hall–Kier alpha value is -0.260. The molecule has 0 heterocycles. The lowest BCUT2D eigenvalue weighted by Gasteiger charge is -2.07. The fraction of sp³-hybridized carbons (Fsp3) is 0.917. The molecule has 1 amide bonds.